The second-order valence-electron chi connectivity index (χ2n) is 5.04. The first-order chi connectivity index (χ1) is 12.8. The van der Waals surface area contributed by atoms with Crippen LogP contribution in [0.2, 0.25) is 10.0 Å². The van der Waals surface area contributed by atoms with Gasteiger partial charge in [-0.25, -0.2) is 4.39 Å². The molecular formula is C15H9Cl2FN4O3S2. The van der Waals surface area contributed by atoms with Gasteiger partial charge < -0.3 is 0 Å². The van der Waals surface area contributed by atoms with Crippen molar-refractivity contribution in [3.63, 3.8) is 0 Å². The van der Waals surface area contributed by atoms with Gasteiger partial charge in [0.1, 0.15) is 5.82 Å². The number of rotatable bonds is 5. The summed E-state index contributed by atoms with van der Waals surface area (Å²) in [7, 11) is -4.17. The summed E-state index contributed by atoms with van der Waals surface area (Å²) < 4.78 is 39.9. The van der Waals surface area contributed by atoms with E-state index >= 15 is 0 Å². The molecule has 0 fully saturated rings. The van der Waals surface area contributed by atoms with Crippen molar-refractivity contribution < 1.29 is 17.6 Å². The molecule has 0 unspecified atom stereocenters. The number of sulfonamides is 1. The second-order valence-corrected chi connectivity index (χ2v) is 8.71. The fourth-order valence-electron chi connectivity index (χ4n) is 1.94. The Kier molecular flexibility index (Phi) is 5.61. The third-order valence-electron chi connectivity index (χ3n) is 3.15. The number of anilines is 2. The van der Waals surface area contributed by atoms with Crippen molar-refractivity contribution in [2.45, 2.75) is 4.34 Å². The first kappa shape index (κ1) is 19.5. The number of carbonyl (C=O) groups excluding carboxylic acids is 1. The number of aromatic nitrogens is 2. The summed E-state index contributed by atoms with van der Waals surface area (Å²) >= 11 is 12.3. The molecule has 1 heterocycles. The quantitative estimate of drug-likeness (QED) is 0.575. The molecule has 3 aromatic rings. The minimum Gasteiger partial charge on any atom is -0.296 e. The Balaban J connectivity index is 1.78. The van der Waals surface area contributed by atoms with Gasteiger partial charge in [0.15, 0.2) is 0 Å². The van der Waals surface area contributed by atoms with Crippen LogP contribution in [0.3, 0.4) is 0 Å². The maximum Gasteiger partial charge on any atom is 0.291 e. The molecule has 2 N–H and O–H groups in total. The van der Waals surface area contributed by atoms with Crippen LogP contribution in [0, 0.1) is 5.82 Å². The molecule has 1 amide bonds. The Morgan fingerprint density at radius 1 is 1.11 bits per heavy atom. The summed E-state index contributed by atoms with van der Waals surface area (Å²) in [6, 6.07) is 9.57. The van der Waals surface area contributed by atoms with Crippen molar-refractivity contribution >= 4 is 61.3 Å². The van der Waals surface area contributed by atoms with Crippen LogP contribution in [0.15, 0.2) is 46.8 Å². The number of benzene rings is 2. The van der Waals surface area contributed by atoms with Crippen LogP contribution in [0.5, 0.6) is 0 Å². The molecule has 140 valence electrons. The standard InChI is InChI=1S/C15H9Cl2FN4O3S2/c16-8-5-6-9(10(17)7-8)13(23)19-14-20-21-15(26-14)27(24,25)22-12-4-2-1-3-11(12)18/h1-7,22H,(H,19,20,23). The third-order valence-corrected chi connectivity index (χ3v) is 6.27. The number of hydrogen-bond donors (Lipinski definition) is 2. The van der Waals surface area contributed by atoms with Gasteiger partial charge in [-0.1, -0.05) is 46.7 Å². The fourth-order valence-corrected chi connectivity index (χ4v) is 4.40. The molecule has 2 aromatic carbocycles. The van der Waals surface area contributed by atoms with Crippen LogP contribution in [0.1, 0.15) is 10.4 Å². The summed E-state index contributed by atoms with van der Waals surface area (Å²) in [6.07, 6.45) is 0. The van der Waals surface area contributed by atoms with Gasteiger partial charge in [0.25, 0.3) is 20.3 Å². The normalized spacial score (nSPS) is 11.2. The van der Waals surface area contributed by atoms with Crippen LogP contribution in [0.4, 0.5) is 15.2 Å². The van der Waals surface area contributed by atoms with E-state index in [-0.39, 0.29) is 21.4 Å². The lowest BCUT2D eigenvalue weighted by Crippen LogP contribution is -2.13. The first-order valence-corrected chi connectivity index (χ1v) is 10.2. The average Bonchev–Trinajstić information content (AvgIpc) is 3.06. The molecule has 0 aliphatic rings. The minimum absolute atomic E-state index is 0.0695. The summed E-state index contributed by atoms with van der Waals surface area (Å²) in [5.74, 6) is -1.35. The molecule has 0 bridgehead atoms. The lowest BCUT2D eigenvalue weighted by atomic mass is 10.2. The lowest BCUT2D eigenvalue weighted by molar-refractivity contribution is 0.102. The molecule has 0 atom stereocenters. The van der Waals surface area contributed by atoms with Crippen LogP contribution in [0.25, 0.3) is 0 Å². The van der Waals surface area contributed by atoms with Gasteiger partial charge in [0.05, 0.1) is 16.3 Å². The molecular weight excluding hydrogens is 438 g/mol. The van der Waals surface area contributed by atoms with E-state index in [1.54, 1.807) is 0 Å². The van der Waals surface area contributed by atoms with Gasteiger partial charge in [-0.2, -0.15) is 8.42 Å². The number of nitrogens with zero attached hydrogens (tertiary/aromatic N) is 2. The predicted molar refractivity (Wildman–Crippen MR) is 102 cm³/mol. The van der Waals surface area contributed by atoms with Crippen molar-refractivity contribution in [1.29, 1.82) is 0 Å². The molecule has 3 rings (SSSR count). The number of nitrogens with one attached hydrogen (secondary N) is 2. The van der Waals surface area contributed by atoms with E-state index in [0.717, 1.165) is 6.07 Å². The molecule has 0 spiro atoms. The largest absolute Gasteiger partial charge is 0.296 e. The Morgan fingerprint density at radius 2 is 1.85 bits per heavy atom. The number of amides is 1. The van der Waals surface area contributed by atoms with E-state index < -0.39 is 26.1 Å². The summed E-state index contributed by atoms with van der Waals surface area (Å²) in [5, 5.41) is 9.95. The zero-order chi connectivity index (χ0) is 19.6. The molecule has 0 saturated carbocycles. The summed E-state index contributed by atoms with van der Waals surface area (Å²) in [6.45, 7) is 0. The van der Waals surface area contributed by atoms with E-state index in [2.05, 4.69) is 20.2 Å². The van der Waals surface area contributed by atoms with E-state index in [4.69, 9.17) is 23.2 Å². The van der Waals surface area contributed by atoms with Crippen LogP contribution in [-0.2, 0) is 10.0 Å². The monoisotopic (exact) mass is 446 g/mol. The highest BCUT2D eigenvalue weighted by Crippen LogP contribution is 2.26. The molecule has 27 heavy (non-hydrogen) atoms. The SMILES string of the molecule is O=C(Nc1nnc(S(=O)(=O)Nc2ccccc2F)s1)c1ccc(Cl)cc1Cl. The lowest BCUT2D eigenvalue weighted by Gasteiger charge is -2.05. The highest BCUT2D eigenvalue weighted by atomic mass is 35.5. The van der Waals surface area contributed by atoms with Crippen molar-refractivity contribution in [2.24, 2.45) is 0 Å². The zero-order valence-electron chi connectivity index (χ0n) is 13.1. The molecule has 7 nitrogen and oxygen atoms in total. The van der Waals surface area contributed by atoms with Gasteiger partial charge in [-0.15, -0.1) is 10.2 Å². The van der Waals surface area contributed by atoms with Crippen LogP contribution in [-0.4, -0.2) is 24.5 Å². The number of carbonyl (C=O) groups is 1. The number of halogens is 3. The molecule has 0 aliphatic heterocycles. The second kappa shape index (κ2) is 7.77. The van der Waals surface area contributed by atoms with Gasteiger partial charge in [0.2, 0.25) is 5.13 Å². The predicted octanol–water partition coefficient (Wildman–Crippen LogP) is 4.04. The molecule has 12 heteroatoms. The maximum atomic E-state index is 13.6. The van der Waals surface area contributed by atoms with Crippen molar-refractivity contribution in [3.8, 4) is 0 Å². The number of hydrogen-bond acceptors (Lipinski definition) is 6. The average molecular weight is 447 g/mol. The van der Waals surface area contributed by atoms with Crippen molar-refractivity contribution in [2.75, 3.05) is 10.0 Å². The highest BCUT2D eigenvalue weighted by molar-refractivity contribution is 7.94. The summed E-state index contributed by atoms with van der Waals surface area (Å²) in [4.78, 5) is 12.2. The smallest absolute Gasteiger partial charge is 0.291 e. The van der Waals surface area contributed by atoms with Crippen LogP contribution >= 0.6 is 34.5 Å². The van der Waals surface area contributed by atoms with Gasteiger partial charge in [-0.05, 0) is 30.3 Å². The Bertz CT molecular complexity index is 1120. The molecule has 0 aliphatic carbocycles. The highest BCUT2D eigenvalue weighted by Gasteiger charge is 2.23. The first-order valence-electron chi connectivity index (χ1n) is 7.13. The zero-order valence-corrected chi connectivity index (χ0v) is 16.3. The topological polar surface area (TPSA) is 101 Å². The Morgan fingerprint density at radius 3 is 2.56 bits per heavy atom. The van der Waals surface area contributed by atoms with Crippen LogP contribution < -0.4 is 10.0 Å². The summed E-state index contributed by atoms with van der Waals surface area (Å²) in [5.41, 5.74) is -0.101. The van der Waals surface area contributed by atoms with Gasteiger partial charge in [0, 0.05) is 5.02 Å². The minimum atomic E-state index is -4.17. The number of para-hydroxylation sites is 1. The van der Waals surface area contributed by atoms with Gasteiger partial charge >= 0.3 is 0 Å². The van der Waals surface area contributed by atoms with Crippen molar-refractivity contribution in [3.05, 3.63) is 63.9 Å². The van der Waals surface area contributed by atoms with E-state index in [1.165, 1.54) is 36.4 Å². The fraction of sp³-hybridized carbons (Fsp3) is 0. The van der Waals surface area contributed by atoms with Crippen molar-refractivity contribution in [1.82, 2.24) is 10.2 Å². The third kappa shape index (κ3) is 4.53. The molecule has 0 radical (unpaired) electrons. The maximum absolute atomic E-state index is 13.6. The molecule has 0 saturated heterocycles. The van der Waals surface area contributed by atoms with E-state index in [1.807, 2.05) is 0 Å². The van der Waals surface area contributed by atoms with E-state index in [9.17, 15) is 17.6 Å². The Hall–Kier alpha value is -2.27. The molecule has 1 aromatic heterocycles. The Labute approximate surface area is 167 Å². The van der Waals surface area contributed by atoms with Gasteiger partial charge in [-0.3, -0.25) is 14.8 Å². The van der Waals surface area contributed by atoms with E-state index in [0.29, 0.717) is 16.4 Å².